The van der Waals surface area contributed by atoms with Crippen LogP contribution in [0.4, 0.5) is 5.69 Å². The van der Waals surface area contributed by atoms with Crippen molar-refractivity contribution in [1.29, 1.82) is 0 Å². The third-order valence-corrected chi connectivity index (χ3v) is 8.43. The molecule has 156 valence electrons. The van der Waals surface area contributed by atoms with Crippen LogP contribution in [-0.4, -0.2) is 53.6 Å². The molecule has 0 radical (unpaired) electrons. The Balaban J connectivity index is 1.47. The standard InChI is InChI=1S/C20H26N4O3S2/c1-2-22-13-9-21-20(22)28-15-19(25)24-12-8-16-14-17(6-7-18(16)24)29(26,27)23-10-4-3-5-11-23/h6-7,9,13-14H,2-5,8,10-12,15H2,1H3. The molecule has 0 N–H and O–H groups in total. The Labute approximate surface area is 176 Å². The van der Waals surface area contributed by atoms with E-state index in [1.165, 1.54) is 11.8 Å². The van der Waals surface area contributed by atoms with E-state index in [9.17, 15) is 13.2 Å². The lowest BCUT2D eigenvalue weighted by Crippen LogP contribution is -2.35. The predicted molar refractivity (Wildman–Crippen MR) is 114 cm³/mol. The molecule has 9 heteroatoms. The fourth-order valence-corrected chi connectivity index (χ4v) is 6.40. The van der Waals surface area contributed by atoms with Crippen LogP contribution in [0.1, 0.15) is 31.7 Å². The van der Waals surface area contributed by atoms with Gasteiger partial charge in [-0.1, -0.05) is 18.2 Å². The Morgan fingerprint density at radius 3 is 2.72 bits per heavy atom. The number of nitrogens with zero attached hydrogens (tertiary/aromatic N) is 4. The van der Waals surface area contributed by atoms with Crippen LogP contribution in [0, 0.1) is 0 Å². The van der Waals surface area contributed by atoms with Gasteiger partial charge in [0.05, 0.1) is 10.6 Å². The monoisotopic (exact) mass is 434 g/mol. The Hall–Kier alpha value is -1.84. The number of aromatic nitrogens is 2. The van der Waals surface area contributed by atoms with Gasteiger partial charge in [0.2, 0.25) is 15.9 Å². The molecule has 29 heavy (non-hydrogen) atoms. The van der Waals surface area contributed by atoms with Crippen molar-refractivity contribution >= 4 is 33.4 Å². The molecule has 0 saturated carbocycles. The molecular weight excluding hydrogens is 408 g/mol. The van der Waals surface area contributed by atoms with Gasteiger partial charge in [-0.2, -0.15) is 4.31 Å². The molecule has 2 aliphatic rings. The maximum atomic E-state index is 12.9. The number of imidazole rings is 1. The van der Waals surface area contributed by atoms with Gasteiger partial charge < -0.3 is 9.47 Å². The van der Waals surface area contributed by atoms with E-state index in [-0.39, 0.29) is 5.91 Å². The van der Waals surface area contributed by atoms with E-state index in [0.29, 0.717) is 36.7 Å². The molecular formula is C20H26N4O3S2. The summed E-state index contributed by atoms with van der Waals surface area (Å²) in [6, 6.07) is 5.18. The van der Waals surface area contributed by atoms with E-state index in [2.05, 4.69) is 4.98 Å². The summed E-state index contributed by atoms with van der Waals surface area (Å²) in [6.45, 7) is 4.63. The smallest absolute Gasteiger partial charge is 0.243 e. The maximum Gasteiger partial charge on any atom is 0.243 e. The number of thioether (sulfide) groups is 1. The normalized spacial score (nSPS) is 17.5. The first-order valence-electron chi connectivity index (χ1n) is 10.1. The van der Waals surface area contributed by atoms with Crippen molar-refractivity contribution in [3.63, 3.8) is 0 Å². The lowest BCUT2D eigenvalue weighted by Gasteiger charge is -2.26. The van der Waals surface area contributed by atoms with Gasteiger partial charge in [-0.25, -0.2) is 13.4 Å². The number of hydrogen-bond donors (Lipinski definition) is 0. The SMILES string of the molecule is CCn1ccnc1SCC(=O)N1CCc2cc(S(=O)(=O)N3CCCCC3)ccc21. The van der Waals surface area contributed by atoms with Crippen molar-refractivity contribution in [2.75, 3.05) is 30.3 Å². The van der Waals surface area contributed by atoms with Gasteiger partial charge in [-0.05, 0) is 49.9 Å². The third-order valence-electron chi connectivity index (χ3n) is 5.54. The summed E-state index contributed by atoms with van der Waals surface area (Å²) in [4.78, 5) is 19.2. The minimum absolute atomic E-state index is 0.0195. The number of benzene rings is 1. The highest BCUT2D eigenvalue weighted by Crippen LogP contribution is 2.32. The van der Waals surface area contributed by atoms with Crippen molar-refractivity contribution in [2.45, 2.75) is 49.2 Å². The van der Waals surface area contributed by atoms with Gasteiger partial charge in [-0.15, -0.1) is 0 Å². The summed E-state index contributed by atoms with van der Waals surface area (Å²) in [5.41, 5.74) is 1.75. The Morgan fingerprint density at radius 2 is 1.97 bits per heavy atom. The summed E-state index contributed by atoms with van der Waals surface area (Å²) in [6.07, 6.45) is 7.25. The number of rotatable bonds is 6. The number of anilines is 1. The lowest BCUT2D eigenvalue weighted by molar-refractivity contribution is -0.116. The summed E-state index contributed by atoms with van der Waals surface area (Å²) < 4.78 is 29.5. The van der Waals surface area contributed by atoms with Gasteiger partial charge in [0, 0.05) is 44.3 Å². The number of aryl methyl sites for hydroxylation is 1. The van der Waals surface area contributed by atoms with Gasteiger partial charge in [-0.3, -0.25) is 4.79 Å². The molecule has 2 aromatic rings. The zero-order valence-corrected chi connectivity index (χ0v) is 18.2. The number of amides is 1. The number of piperidine rings is 1. The zero-order chi connectivity index (χ0) is 20.4. The van der Waals surface area contributed by atoms with E-state index >= 15 is 0 Å². The molecule has 1 aromatic carbocycles. The minimum atomic E-state index is -3.45. The van der Waals surface area contributed by atoms with E-state index in [1.54, 1.807) is 33.6 Å². The Bertz CT molecular complexity index is 997. The van der Waals surface area contributed by atoms with Crippen molar-refractivity contribution in [3.05, 3.63) is 36.2 Å². The molecule has 0 unspecified atom stereocenters. The molecule has 7 nitrogen and oxygen atoms in total. The predicted octanol–water partition coefficient (Wildman–Crippen LogP) is 2.76. The van der Waals surface area contributed by atoms with Crippen LogP contribution < -0.4 is 4.90 Å². The van der Waals surface area contributed by atoms with Crippen LogP contribution in [0.25, 0.3) is 0 Å². The summed E-state index contributed by atoms with van der Waals surface area (Å²) >= 11 is 1.43. The van der Waals surface area contributed by atoms with Crippen LogP contribution in [0.3, 0.4) is 0 Å². The molecule has 4 rings (SSSR count). The van der Waals surface area contributed by atoms with Crippen LogP contribution in [-0.2, 0) is 27.8 Å². The van der Waals surface area contributed by atoms with Gasteiger partial charge in [0.15, 0.2) is 5.16 Å². The molecule has 0 aliphatic carbocycles. The second kappa shape index (κ2) is 8.49. The molecule has 1 amide bonds. The first-order valence-corrected chi connectivity index (χ1v) is 12.5. The molecule has 1 saturated heterocycles. The fourth-order valence-electron chi connectivity index (χ4n) is 3.93. The summed E-state index contributed by atoms with van der Waals surface area (Å²) in [5.74, 6) is 0.329. The van der Waals surface area contributed by atoms with Crippen molar-refractivity contribution in [2.24, 2.45) is 0 Å². The second-order valence-electron chi connectivity index (χ2n) is 7.34. The molecule has 0 spiro atoms. The highest BCUT2D eigenvalue weighted by Gasteiger charge is 2.30. The van der Waals surface area contributed by atoms with Crippen LogP contribution in [0.2, 0.25) is 0 Å². The second-order valence-corrected chi connectivity index (χ2v) is 10.2. The van der Waals surface area contributed by atoms with Crippen molar-refractivity contribution in [1.82, 2.24) is 13.9 Å². The van der Waals surface area contributed by atoms with Crippen LogP contribution in [0.15, 0.2) is 40.6 Å². The Kier molecular flexibility index (Phi) is 5.98. The molecule has 0 bridgehead atoms. The minimum Gasteiger partial charge on any atom is -0.326 e. The van der Waals surface area contributed by atoms with Gasteiger partial charge in [0.25, 0.3) is 0 Å². The lowest BCUT2D eigenvalue weighted by atomic mass is 10.2. The van der Waals surface area contributed by atoms with E-state index in [1.807, 2.05) is 17.7 Å². The van der Waals surface area contributed by atoms with E-state index in [0.717, 1.165) is 42.2 Å². The molecule has 0 atom stereocenters. The largest absolute Gasteiger partial charge is 0.326 e. The van der Waals surface area contributed by atoms with Crippen LogP contribution >= 0.6 is 11.8 Å². The van der Waals surface area contributed by atoms with Gasteiger partial charge in [0.1, 0.15) is 0 Å². The molecule has 1 aromatic heterocycles. The Morgan fingerprint density at radius 1 is 1.17 bits per heavy atom. The number of carbonyl (C=O) groups excluding carboxylic acids is 1. The average molecular weight is 435 g/mol. The molecule has 3 heterocycles. The first-order chi connectivity index (χ1) is 14.0. The quantitative estimate of drug-likeness (QED) is 0.654. The number of sulfonamides is 1. The van der Waals surface area contributed by atoms with Crippen molar-refractivity contribution in [3.8, 4) is 0 Å². The number of fused-ring (bicyclic) bond motifs is 1. The topological polar surface area (TPSA) is 75.5 Å². The van der Waals surface area contributed by atoms with E-state index < -0.39 is 10.0 Å². The van der Waals surface area contributed by atoms with Crippen molar-refractivity contribution < 1.29 is 13.2 Å². The highest BCUT2D eigenvalue weighted by molar-refractivity contribution is 7.99. The first kappa shape index (κ1) is 20.4. The average Bonchev–Trinajstić information content (AvgIpc) is 3.38. The molecule has 1 fully saturated rings. The van der Waals surface area contributed by atoms with Crippen LogP contribution in [0.5, 0.6) is 0 Å². The number of hydrogen-bond acceptors (Lipinski definition) is 5. The number of carbonyl (C=O) groups is 1. The highest BCUT2D eigenvalue weighted by atomic mass is 32.2. The maximum absolute atomic E-state index is 12.9. The fraction of sp³-hybridized carbons (Fsp3) is 0.500. The van der Waals surface area contributed by atoms with Gasteiger partial charge >= 0.3 is 0 Å². The van der Waals surface area contributed by atoms with E-state index in [4.69, 9.17) is 0 Å². The summed E-state index contributed by atoms with van der Waals surface area (Å²) in [5, 5.41) is 0.836. The summed E-state index contributed by atoms with van der Waals surface area (Å²) in [7, 11) is -3.45. The zero-order valence-electron chi connectivity index (χ0n) is 16.6. The molecule has 2 aliphatic heterocycles. The third kappa shape index (κ3) is 4.08.